The first-order chi connectivity index (χ1) is 12.3. The van der Waals surface area contributed by atoms with Crippen LogP contribution < -0.4 is 4.74 Å². The number of rotatable bonds is 7. The molecule has 140 valence electrons. The number of carbonyl (C=O) groups is 1. The Morgan fingerprint density at radius 1 is 1.12 bits per heavy atom. The zero-order chi connectivity index (χ0) is 19.3. The lowest BCUT2D eigenvalue weighted by Crippen LogP contribution is -2.33. The van der Waals surface area contributed by atoms with Crippen LogP contribution in [0.1, 0.15) is 29.8 Å². The van der Waals surface area contributed by atoms with E-state index < -0.39 is 16.0 Å². The van der Waals surface area contributed by atoms with Gasteiger partial charge in [0.25, 0.3) is 0 Å². The molecule has 2 rings (SSSR count). The maximum absolute atomic E-state index is 12.6. The van der Waals surface area contributed by atoms with E-state index in [0.29, 0.717) is 5.75 Å². The molecular formula is C19H23NO5S. The lowest BCUT2D eigenvalue weighted by molar-refractivity contribution is 0.0470. The van der Waals surface area contributed by atoms with E-state index in [4.69, 9.17) is 9.47 Å². The minimum atomic E-state index is -3.67. The van der Waals surface area contributed by atoms with Crippen molar-refractivity contribution in [2.45, 2.75) is 31.4 Å². The molecule has 7 heteroatoms. The SMILES string of the molecule is COc1ccccc1COC(=O)c1cccc(S(=O)(=O)N(C)C(C)C)c1. The van der Waals surface area contributed by atoms with Gasteiger partial charge in [0.2, 0.25) is 10.0 Å². The summed E-state index contributed by atoms with van der Waals surface area (Å²) in [5.74, 6) is 0.0235. The number of carbonyl (C=O) groups excluding carboxylic acids is 1. The average Bonchev–Trinajstić information content (AvgIpc) is 2.65. The Morgan fingerprint density at radius 3 is 2.46 bits per heavy atom. The van der Waals surface area contributed by atoms with Gasteiger partial charge in [0.15, 0.2) is 0 Å². The van der Waals surface area contributed by atoms with E-state index in [-0.39, 0.29) is 23.1 Å². The number of nitrogens with zero attached hydrogens (tertiary/aromatic N) is 1. The Kier molecular flexibility index (Phi) is 6.39. The molecule has 0 spiro atoms. The maximum atomic E-state index is 12.6. The Balaban J connectivity index is 2.18. The fraction of sp³-hybridized carbons (Fsp3) is 0.316. The Hall–Kier alpha value is -2.38. The fourth-order valence-corrected chi connectivity index (χ4v) is 3.69. The van der Waals surface area contributed by atoms with E-state index in [1.165, 1.54) is 35.6 Å². The van der Waals surface area contributed by atoms with E-state index >= 15 is 0 Å². The highest BCUT2D eigenvalue weighted by atomic mass is 32.2. The first kappa shape index (κ1) is 19.9. The Bertz CT molecular complexity index is 877. The summed E-state index contributed by atoms with van der Waals surface area (Å²) in [5.41, 5.74) is 0.907. The number of ether oxygens (including phenoxy) is 2. The van der Waals surface area contributed by atoms with Gasteiger partial charge in [0.1, 0.15) is 12.4 Å². The Morgan fingerprint density at radius 2 is 1.81 bits per heavy atom. The quantitative estimate of drug-likeness (QED) is 0.694. The molecule has 2 aromatic carbocycles. The van der Waals surface area contributed by atoms with Gasteiger partial charge in [-0.3, -0.25) is 0 Å². The lowest BCUT2D eigenvalue weighted by atomic mass is 10.2. The second-order valence-corrected chi connectivity index (χ2v) is 8.03. The summed E-state index contributed by atoms with van der Waals surface area (Å²) in [6.07, 6.45) is 0. The van der Waals surface area contributed by atoms with E-state index in [2.05, 4.69) is 0 Å². The van der Waals surface area contributed by atoms with Crippen molar-refractivity contribution in [3.63, 3.8) is 0 Å². The molecule has 0 aliphatic rings. The third-order valence-electron chi connectivity index (χ3n) is 4.03. The van der Waals surface area contributed by atoms with Crippen LogP contribution >= 0.6 is 0 Å². The highest BCUT2D eigenvalue weighted by molar-refractivity contribution is 7.89. The first-order valence-corrected chi connectivity index (χ1v) is 9.58. The van der Waals surface area contributed by atoms with Gasteiger partial charge in [-0.1, -0.05) is 24.3 Å². The third kappa shape index (κ3) is 4.42. The zero-order valence-corrected chi connectivity index (χ0v) is 16.1. The third-order valence-corrected chi connectivity index (χ3v) is 6.05. The smallest absolute Gasteiger partial charge is 0.338 e. The standard InChI is InChI=1S/C19H23NO5S/c1-14(2)20(3)26(22,23)17-10-7-9-15(12-17)19(21)25-13-16-8-5-6-11-18(16)24-4/h5-12,14H,13H2,1-4H3. The molecule has 0 heterocycles. The van der Waals surface area contributed by atoms with E-state index in [0.717, 1.165) is 5.56 Å². The van der Waals surface area contributed by atoms with Crippen molar-refractivity contribution in [3.8, 4) is 5.75 Å². The molecule has 0 radical (unpaired) electrons. The van der Waals surface area contributed by atoms with Crippen LogP contribution in [0.4, 0.5) is 0 Å². The molecule has 0 N–H and O–H groups in total. The number of para-hydroxylation sites is 1. The van der Waals surface area contributed by atoms with Gasteiger partial charge in [-0.05, 0) is 38.1 Å². The predicted molar refractivity (Wildman–Crippen MR) is 98.6 cm³/mol. The normalized spacial score (nSPS) is 11.6. The molecule has 0 bridgehead atoms. The number of hydrogen-bond donors (Lipinski definition) is 0. The molecule has 26 heavy (non-hydrogen) atoms. The summed E-state index contributed by atoms with van der Waals surface area (Å²) in [5, 5.41) is 0. The van der Waals surface area contributed by atoms with Gasteiger partial charge in [0, 0.05) is 18.7 Å². The van der Waals surface area contributed by atoms with Gasteiger partial charge in [-0.2, -0.15) is 4.31 Å². The molecule has 0 saturated heterocycles. The van der Waals surface area contributed by atoms with Gasteiger partial charge in [0.05, 0.1) is 17.6 Å². The minimum Gasteiger partial charge on any atom is -0.496 e. The number of hydrogen-bond acceptors (Lipinski definition) is 5. The number of sulfonamides is 1. The van der Waals surface area contributed by atoms with Crippen molar-refractivity contribution in [2.24, 2.45) is 0 Å². The number of benzene rings is 2. The molecule has 0 aromatic heterocycles. The molecule has 0 amide bonds. The predicted octanol–water partition coefficient (Wildman–Crippen LogP) is 3.08. The van der Waals surface area contributed by atoms with Crippen molar-refractivity contribution in [1.29, 1.82) is 0 Å². The summed E-state index contributed by atoms with van der Waals surface area (Å²) >= 11 is 0. The van der Waals surface area contributed by atoms with Crippen LogP contribution in [0.25, 0.3) is 0 Å². The van der Waals surface area contributed by atoms with Crippen LogP contribution in [0.2, 0.25) is 0 Å². The van der Waals surface area contributed by atoms with Crippen LogP contribution in [0.3, 0.4) is 0 Å². The second-order valence-electron chi connectivity index (χ2n) is 6.03. The number of methoxy groups -OCH3 is 1. The Labute approximate surface area is 154 Å². The molecule has 0 aliphatic carbocycles. The maximum Gasteiger partial charge on any atom is 0.338 e. The summed E-state index contributed by atoms with van der Waals surface area (Å²) in [4.78, 5) is 12.4. The highest BCUT2D eigenvalue weighted by Gasteiger charge is 2.24. The van der Waals surface area contributed by atoms with E-state index in [9.17, 15) is 13.2 Å². The van der Waals surface area contributed by atoms with Gasteiger partial charge in [-0.15, -0.1) is 0 Å². The molecule has 2 aromatic rings. The van der Waals surface area contributed by atoms with Crippen molar-refractivity contribution in [1.82, 2.24) is 4.31 Å². The summed E-state index contributed by atoms with van der Waals surface area (Å²) in [7, 11) is -0.618. The van der Waals surface area contributed by atoms with Crippen molar-refractivity contribution >= 4 is 16.0 Å². The van der Waals surface area contributed by atoms with Crippen LogP contribution in [0.15, 0.2) is 53.4 Å². The monoisotopic (exact) mass is 377 g/mol. The topological polar surface area (TPSA) is 72.9 Å². The minimum absolute atomic E-state index is 0.0335. The lowest BCUT2D eigenvalue weighted by Gasteiger charge is -2.21. The molecular weight excluding hydrogens is 354 g/mol. The molecule has 0 fully saturated rings. The summed E-state index contributed by atoms with van der Waals surface area (Å²) in [6.45, 7) is 3.59. The largest absolute Gasteiger partial charge is 0.496 e. The van der Waals surface area contributed by atoms with Crippen molar-refractivity contribution in [2.75, 3.05) is 14.2 Å². The summed E-state index contributed by atoms with van der Waals surface area (Å²) < 4.78 is 36.9. The molecule has 0 atom stereocenters. The molecule has 0 unspecified atom stereocenters. The van der Waals surface area contributed by atoms with E-state index in [1.54, 1.807) is 33.1 Å². The van der Waals surface area contributed by atoms with Gasteiger partial charge < -0.3 is 9.47 Å². The summed E-state index contributed by atoms with van der Waals surface area (Å²) in [6, 6.07) is 12.9. The molecule has 0 aliphatic heterocycles. The number of esters is 1. The van der Waals surface area contributed by atoms with Crippen molar-refractivity contribution in [3.05, 3.63) is 59.7 Å². The van der Waals surface area contributed by atoms with E-state index in [1.807, 2.05) is 12.1 Å². The molecule has 6 nitrogen and oxygen atoms in total. The molecule has 0 saturated carbocycles. The van der Waals surface area contributed by atoms with Crippen LogP contribution in [-0.4, -0.2) is 38.9 Å². The average molecular weight is 377 g/mol. The fourth-order valence-electron chi connectivity index (χ4n) is 2.28. The van der Waals surface area contributed by atoms with Crippen LogP contribution in [-0.2, 0) is 21.4 Å². The van der Waals surface area contributed by atoms with Crippen LogP contribution in [0, 0.1) is 0 Å². The van der Waals surface area contributed by atoms with Crippen molar-refractivity contribution < 1.29 is 22.7 Å². The highest BCUT2D eigenvalue weighted by Crippen LogP contribution is 2.21. The second kappa shape index (κ2) is 8.33. The van der Waals surface area contributed by atoms with Gasteiger partial charge in [-0.25, -0.2) is 13.2 Å². The van der Waals surface area contributed by atoms with Crippen LogP contribution in [0.5, 0.6) is 5.75 Å². The van der Waals surface area contributed by atoms with Gasteiger partial charge >= 0.3 is 5.97 Å². The zero-order valence-electron chi connectivity index (χ0n) is 15.3. The first-order valence-electron chi connectivity index (χ1n) is 8.14.